The Bertz CT molecular complexity index is 396. The molecule has 98 valence electrons. The molecule has 1 unspecified atom stereocenters. The molecule has 1 aromatic rings. The van der Waals surface area contributed by atoms with Crippen molar-refractivity contribution in [3.8, 4) is 5.75 Å². The van der Waals surface area contributed by atoms with Crippen LogP contribution >= 0.6 is 0 Å². The van der Waals surface area contributed by atoms with Gasteiger partial charge in [-0.3, -0.25) is 9.78 Å². The molecular weight excluding hydrogens is 230 g/mol. The Balaban J connectivity index is 1.96. The first kappa shape index (κ1) is 12.8. The second kappa shape index (κ2) is 5.82. The fourth-order valence-electron chi connectivity index (χ4n) is 2.07. The van der Waals surface area contributed by atoms with Gasteiger partial charge in [-0.1, -0.05) is 0 Å². The second-order valence-corrected chi connectivity index (χ2v) is 4.53. The lowest BCUT2D eigenvalue weighted by molar-refractivity contribution is -0.140. The van der Waals surface area contributed by atoms with Crippen LogP contribution in [0.3, 0.4) is 0 Å². The van der Waals surface area contributed by atoms with Crippen LogP contribution in [0, 0.1) is 0 Å². The van der Waals surface area contributed by atoms with Gasteiger partial charge in [0, 0.05) is 31.9 Å². The van der Waals surface area contributed by atoms with Crippen molar-refractivity contribution in [3.05, 3.63) is 24.5 Å². The van der Waals surface area contributed by atoms with Crippen molar-refractivity contribution in [1.82, 2.24) is 15.2 Å². The first-order valence-corrected chi connectivity index (χ1v) is 6.26. The number of amides is 1. The quantitative estimate of drug-likeness (QED) is 0.855. The molecule has 2 rings (SSSR count). The number of hydrogen-bond acceptors (Lipinski definition) is 4. The molecule has 1 aromatic heterocycles. The third kappa shape index (κ3) is 2.98. The number of nitrogens with one attached hydrogen (secondary N) is 1. The minimum absolute atomic E-state index is 0.0350. The highest BCUT2D eigenvalue weighted by atomic mass is 16.5. The molecule has 1 N–H and O–H groups in total. The zero-order valence-corrected chi connectivity index (χ0v) is 10.8. The predicted molar refractivity (Wildman–Crippen MR) is 68.4 cm³/mol. The summed E-state index contributed by atoms with van der Waals surface area (Å²) in [6.45, 7) is 6.24. The van der Waals surface area contributed by atoms with E-state index in [-0.39, 0.29) is 11.9 Å². The number of nitrogens with zero attached hydrogens (tertiary/aromatic N) is 2. The standard InChI is InChI=1S/C13H19N3O2/c1-10-8-15-6-7-16(10)13(17)11(2)18-12-4-3-5-14-9-12/h3-5,9-11,15H,6-8H2,1-2H3/t10-,11?/m1/s1. The summed E-state index contributed by atoms with van der Waals surface area (Å²) >= 11 is 0. The SMILES string of the molecule is CC(Oc1cccnc1)C(=O)N1CCNC[C@H]1C. The number of piperazine rings is 1. The molecule has 1 amide bonds. The largest absolute Gasteiger partial charge is 0.479 e. The summed E-state index contributed by atoms with van der Waals surface area (Å²) in [5.41, 5.74) is 0. The average molecular weight is 249 g/mol. The molecule has 0 radical (unpaired) electrons. The summed E-state index contributed by atoms with van der Waals surface area (Å²) < 4.78 is 5.60. The van der Waals surface area contributed by atoms with Crippen LogP contribution in [0.4, 0.5) is 0 Å². The van der Waals surface area contributed by atoms with Gasteiger partial charge in [0.1, 0.15) is 5.75 Å². The van der Waals surface area contributed by atoms with Crippen molar-refractivity contribution < 1.29 is 9.53 Å². The second-order valence-electron chi connectivity index (χ2n) is 4.53. The van der Waals surface area contributed by atoms with Crippen molar-refractivity contribution in [3.63, 3.8) is 0 Å². The van der Waals surface area contributed by atoms with Gasteiger partial charge in [-0.25, -0.2) is 0 Å². The van der Waals surface area contributed by atoms with E-state index in [2.05, 4.69) is 10.3 Å². The van der Waals surface area contributed by atoms with E-state index in [4.69, 9.17) is 4.74 Å². The van der Waals surface area contributed by atoms with Crippen LogP contribution in [0.2, 0.25) is 0 Å². The van der Waals surface area contributed by atoms with Crippen molar-refractivity contribution in [1.29, 1.82) is 0 Å². The Morgan fingerprint density at radius 2 is 2.50 bits per heavy atom. The summed E-state index contributed by atoms with van der Waals surface area (Å²) in [6.07, 6.45) is 2.82. The average Bonchev–Trinajstić information content (AvgIpc) is 2.39. The highest BCUT2D eigenvalue weighted by molar-refractivity contribution is 5.81. The van der Waals surface area contributed by atoms with E-state index in [9.17, 15) is 4.79 Å². The molecule has 1 fully saturated rings. The highest BCUT2D eigenvalue weighted by Gasteiger charge is 2.27. The van der Waals surface area contributed by atoms with E-state index in [1.165, 1.54) is 0 Å². The molecule has 2 atom stereocenters. The molecule has 0 spiro atoms. The Labute approximate surface area is 107 Å². The van der Waals surface area contributed by atoms with Gasteiger partial charge in [0.2, 0.25) is 0 Å². The monoisotopic (exact) mass is 249 g/mol. The lowest BCUT2D eigenvalue weighted by Gasteiger charge is -2.35. The van der Waals surface area contributed by atoms with Gasteiger partial charge < -0.3 is 15.0 Å². The van der Waals surface area contributed by atoms with E-state index in [0.717, 1.165) is 19.6 Å². The van der Waals surface area contributed by atoms with Crippen molar-refractivity contribution in [2.45, 2.75) is 26.0 Å². The van der Waals surface area contributed by atoms with E-state index in [1.54, 1.807) is 31.5 Å². The maximum absolute atomic E-state index is 12.3. The zero-order valence-electron chi connectivity index (χ0n) is 10.8. The third-order valence-corrected chi connectivity index (χ3v) is 3.08. The van der Waals surface area contributed by atoms with Gasteiger partial charge in [0.05, 0.1) is 6.20 Å². The van der Waals surface area contributed by atoms with E-state index < -0.39 is 6.10 Å². The molecule has 0 saturated carbocycles. The molecule has 1 aliphatic heterocycles. The Hall–Kier alpha value is -1.62. The molecule has 5 heteroatoms. The van der Waals surface area contributed by atoms with Crippen LogP contribution in [0.5, 0.6) is 5.75 Å². The van der Waals surface area contributed by atoms with E-state index in [0.29, 0.717) is 5.75 Å². The number of rotatable bonds is 3. The molecule has 0 aromatic carbocycles. The number of pyridine rings is 1. The molecule has 0 bridgehead atoms. The maximum atomic E-state index is 12.3. The van der Waals surface area contributed by atoms with Crippen LogP contribution in [0.15, 0.2) is 24.5 Å². The molecule has 2 heterocycles. The first-order valence-electron chi connectivity index (χ1n) is 6.26. The fourth-order valence-corrected chi connectivity index (χ4v) is 2.07. The van der Waals surface area contributed by atoms with Gasteiger partial charge in [-0.2, -0.15) is 0 Å². The topological polar surface area (TPSA) is 54.5 Å². The number of carbonyl (C=O) groups is 1. The van der Waals surface area contributed by atoms with Crippen LogP contribution in [-0.2, 0) is 4.79 Å². The Morgan fingerprint density at radius 1 is 1.67 bits per heavy atom. The van der Waals surface area contributed by atoms with Gasteiger partial charge in [0.25, 0.3) is 5.91 Å². The van der Waals surface area contributed by atoms with Gasteiger partial charge >= 0.3 is 0 Å². The minimum Gasteiger partial charge on any atom is -0.479 e. The number of carbonyl (C=O) groups excluding carboxylic acids is 1. The Morgan fingerprint density at radius 3 is 3.17 bits per heavy atom. The zero-order chi connectivity index (χ0) is 13.0. The van der Waals surface area contributed by atoms with Crippen LogP contribution in [0.1, 0.15) is 13.8 Å². The number of hydrogen-bond donors (Lipinski definition) is 1. The third-order valence-electron chi connectivity index (χ3n) is 3.08. The van der Waals surface area contributed by atoms with Crippen LogP contribution < -0.4 is 10.1 Å². The highest BCUT2D eigenvalue weighted by Crippen LogP contribution is 2.12. The fraction of sp³-hybridized carbons (Fsp3) is 0.538. The molecule has 5 nitrogen and oxygen atoms in total. The lowest BCUT2D eigenvalue weighted by Crippen LogP contribution is -2.55. The summed E-state index contributed by atoms with van der Waals surface area (Å²) in [6, 6.07) is 3.81. The smallest absolute Gasteiger partial charge is 0.263 e. The van der Waals surface area contributed by atoms with E-state index >= 15 is 0 Å². The molecule has 1 aliphatic rings. The summed E-state index contributed by atoms with van der Waals surface area (Å²) in [4.78, 5) is 18.1. The lowest BCUT2D eigenvalue weighted by atomic mass is 10.2. The van der Waals surface area contributed by atoms with Crippen LogP contribution in [0.25, 0.3) is 0 Å². The normalized spacial score (nSPS) is 21.4. The molecule has 18 heavy (non-hydrogen) atoms. The van der Waals surface area contributed by atoms with Crippen LogP contribution in [-0.4, -0.2) is 47.6 Å². The number of ether oxygens (including phenoxy) is 1. The van der Waals surface area contributed by atoms with Crippen molar-refractivity contribution in [2.75, 3.05) is 19.6 Å². The number of aromatic nitrogens is 1. The first-order chi connectivity index (χ1) is 8.68. The van der Waals surface area contributed by atoms with Gasteiger partial charge in [-0.05, 0) is 26.0 Å². The van der Waals surface area contributed by atoms with E-state index in [1.807, 2.05) is 11.8 Å². The Kier molecular flexibility index (Phi) is 4.15. The molecule has 0 aliphatic carbocycles. The maximum Gasteiger partial charge on any atom is 0.263 e. The summed E-state index contributed by atoms with van der Waals surface area (Å²) in [7, 11) is 0. The molecular formula is C13H19N3O2. The van der Waals surface area contributed by atoms with Gasteiger partial charge in [-0.15, -0.1) is 0 Å². The van der Waals surface area contributed by atoms with Crippen molar-refractivity contribution >= 4 is 5.91 Å². The minimum atomic E-state index is -0.477. The van der Waals surface area contributed by atoms with Crippen molar-refractivity contribution in [2.24, 2.45) is 0 Å². The molecule has 1 saturated heterocycles. The summed E-state index contributed by atoms with van der Waals surface area (Å²) in [5, 5.41) is 3.26. The summed E-state index contributed by atoms with van der Waals surface area (Å²) in [5.74, 6) is 0.661. The predicted octanol–water partition coefficient (Wildman–Crippen LogP) is 0.669. The van der Waals surface area contributed by atoms with Gasteiger partial charge in [0.15, 0.2) is 6.10 Å².